The lowest BCUT2D eigenvalue weighted by Crippen LogP contribution is -2.42. The van der Waals surface area contributed by atoms with Crippen molar-refractivity contribution in [3.63, 3.8) is 0 Å². The molecule has 0 heterocycles. The van der Waals surface area contributed by atoms with Crippen molar-refractivity contribution >= 4 is 23.7 Å². The van der Waals surface area contributed by atoms with E-state index < -0.39 is 42.5 Å². The van der Waals surface area contributed by atoms with Crippen LogP contribution in [-0.4, -0.2) is 87.0 Å². The standard InChI is InChI=1S/C22H29NO3.C6H8O7/c1-4-23(5-2)14-15-25-20-12-9-13-21(17-20)26-22(18(3)24)16-19-10-7-6-8-11-19;7-3(8)1-6(13,5(11)12)2-4(9)10/h6-13,17,22H,4-5,14-16H2,1-3H3;13H,1-2H2,(H,7,8)(H,9,10)(H,11,12). The Morgan fingerprint density at radius 3 is 1.92 bits per heavy atom. The van der Waals surface area contributed by atoms with E-state index in [0.717, 1.165) is 30.9 Å². The van der Waals surface area contributed by atoms with E-state index >= 15 is 0 Å². The third-order valence-electron chi connectivity index (χ3n) is 5.66. The smallest absolute Gasteiger partial charge is 0.336 e. The molecule has 2 aromatic rings. The third-order valence-corrected chi connectivity index (χ3v) is 5.66. The molecule has 39 heavy (non-hydrogen) atoms. The third kappa shape index (κ3) is 12.9. The van der Waals surface area contributed by atoms with Crippen LogP contribution in [0.1, 0.15) is 39.2 Å². The molecule has 1 atom stereocenters. The van der Waals surface area contributed by atoms with Gasteiger partial charge in [0, 0.05) is 19.0 Å². The summed E-state index contributed by atoms with van der Waals surface area (Å²) in [5, 5.41) is 33.8. The van der Waals surface area contributed by atoms with Gasteiger partial charge in [0.05, 0.1) is 12.8 Å². The Kier molecular flexibility index (Phi) is 14.2. The number of ketones is 1. The number of aliphatic carboxylic acids is 3. The molecule has 11 nitrogen and oxygen atoms in total. The van der Waals surface area contributed by atoms with Gasteiger partial charge in [0.1, 0.15) is 18.1 Å². The number of rotatable bonds is 16. The molecular weight excluding hydrogens is 510 g/mol. The van der Waals surface area contributed by atoms with Crippen molar-refractivity contribution < 1.29 is 49.1 Å². The molecule has 2 aromatic carbocycles. The molecule has 0 fully saturated rings. The van der Waals surface area contributed by atoms with Gasteiger partial charge in [0.2, 0.25) is 0 Å². The molecule has 0 aliphatic heterocycles. The van der Waals surface area contributed by atoms with Crippen LogP contribution in [0.3, 0.4) is 0 Å². The van der Waals surface area contributed by atoms with Crippen molar-refractivity contribution in [2.24, 2.45) is 0 Å². The number of likely N-dealkylation sites (N-methyl/N-ethyl adjacent to an activating group) is 1. The first-order valence-corrected chi connectivity index (χ1v) is 12.5. The fourth-order valence-corrected chi connectivity index (χ4v) is 3.44. The molecule has 4 N–H and O–H groups in total. The molecule has 0 bridgehead atoms. The molecule has 0 aliphatic rings. The van der Waals surface area contributed by atoms with Crippen LogP contribution in [-0.2, 0) is 25.6 Å². The second-order valence-corrected chi connectivity index (χ2v) is 8.73. The molecule has 0 amide bonds. The number of benzene rings is 2. The molecule has 0 aromatic heterocycles. The lowest BCUT2D eigenvalue weighted by molar-refractivity contribution is -0.170. The summed E-state index contributed by atoms with van der Waals surface area (Å²) in [4.78, 5) is 44.8. The van der Waals surface area contributed by atoms with E-state index in [2.05, 4.69) is 18.7 Å². The summed E-state index contributed by atoms with van der Waals surface area (Å²) >= 11 is 0. The molecular formula is C28H37NO10. The molecule has 0 saturated carbocycles. The summed E-state index contributed by atoms with van der Waals surface area (Å²) in [6.07, 6.45) is -2.23. The van der Waals surface area contributed by atoms with Crippen LogP contribution in [0.15, 0.2) is 54.6 Å². The van der Waals surface area contributed by atoms with Gasteiger partial charge in [0.25, 0.3) is 0 Å². The second kappa shape index (κ2) is 16.8. The fraction of sp³-hybridized carbons (Fsp3) is 0.429. The highest BCUT2D eigenvalue weighted by atomic mass is 16.5. The minimum atomic E-state index is -2.74. The van der Waals surface area contributed by atoms with Crippen molar-refractivity contribution in [3.8, 4) is 11.5 Å². The van der Waals surface area contributed by atoms with E-state index in [9.17, 15) is 19.2 Å². The molecule has 1 unspecified atom stereocenters. The van der Waals surface area contributed by atoms with E-state index in [1.807, 2.05) is 54.6 Å². The zero-order valence-electron chi connectivity index (χ0n) is 22.4. The van der Waals surface area contributed by atoms with Crippen LogP contribution < -0.4 is 9.47 Å². The molecule has 0 radical (unpaired) electrons. The van der Waals surface area contributed by atoms with Crippen LogP contribution in [0, 0.1) is 0 Å². The van der Waals surface area contributed by atoms with E-state index in [0.29, 0.717) is 18.8 Å². The van der Waals surface area contributed by atoms with Crippen LogP contribution in [0.5, 0.6) is 11.5 Å². The van der Waals surface area contributed by atoms with E-state index in [1.165, 1.54) is 0 Å². The number of ether oxygens (including phenoxy) is 2. The summed E-state index contributed by atoms with van der Waals surface area (Å²) in [7, 11) is 0. The lowest BCUT2D eigenvalue weighted by Gasteiger charge is -2.19. The second-order valence-electron chi connectivity index (χ2n) is 8.73. The predicted octanol–water partition coefficient (Wildman–Crippen LogP) is 2.74. The minimum absolute atomic E-state index is 0.0155. The van der Waals surface area contributed by atoms with E-state index in [1.54, 1.807) is 6.92 Å². The first-order valence-electron chi connectivity index (χ1n) is 12.5. The molecule has 0 saturated heterocycles. The first kappa shape index (κ1) is 33.1. The number of carbonyl (C=O) groups is 4. The maximum absolute atomic E-state index is 12.0. The molecule has 2 rings (SSSR count). The average molecular weight is 548 g/mol. The number of carbonyl (C=O) groups excluding carboxylic acids is 1. The van der Waals surface area contributed by atoms with E-state index in [-0.39, 0.29) is 5.78 Å². The van der Waals surface area contributed by atoms with E-state index in [4.69, 9.17) is 29.9 Å². The van der Waals surface area contributed by atoms with Gasteiger partial charge < -0.3 is 34.8 Å². The maximum Gasteiger partial charge on any atom is 0.336 e. The van der Waals surface area contributed by atoms with Gasteiger partial charge in [-0.15, -0.1) is 0 Å². The van der Waals surface area contributed by atoms with Gasteiger partial charge in [-0.3, -0.25) is 14.4 Å². The Hall–Kier alpha value is -3.96. The Balaban J connectivity index is 0.000000495. The number of hydrogen-bond acceptors (Lipinski definition) is 8. The number of nitrogens with zero attached hydrogens (tertiary/aromatic N) is 1. The monoisotopic (exact) mass is 547 g/mol. The number of Topliss-reactive ketones (excluding diaryl/α,β-unsaturated/α-hetero) is 1. The highest BCUT2D eigenvalue weighted by Gasteiger charge is 2.40. The molecule has 11 heteroatoms. The Bertz CT molecular complexity index is 1050. The quantitative estimate of drug-likeness (QED) is 0.244. The average Bonchev–Trinajstić information content (AvgIpc) is 2.86. The highest BCUT2D eigenvalue weighted by molar-refractivity contribution is 5.88. The van der Waals surface area contributed by atoms with Crippen molar-refractivity contribution in [2.45, 2.75) is 51.7 Å². The van der Waals surface area contributed by atoms with Gasteiger partial charge in [-0.25, -0.2) is 4.79 Å². The van der Waals surface area contributed by atoms with Crippen LogP contribution in [0.4, 0.5) is 0 Å². The number of carboxylic acid groups (broad SMARTS) is 3. The highest BCUT2D eigenvalue weighted by Crippen LogP contribution is 2.22. The number of aliphatic hydroxyl groups is 1. The van der Waals surface area contributed by atoms with Crippen molar-refractivity contribution in [1.82, 2.24) is 4.90 Å². The van der Waals surface area contributed by atoms with Gasteiger partial charge in [-0.05, 0) is 37.7 Å². The van der Waals surface area contributed by atoms with Crippen molar-refractivity contribution in [1.29, 1.82) is 0 Å². The molecule has 0 aliphatic carbocycles. The Labute approximate surface area is 227 Å². The largest absolute Gasteiger partial charge is 0.492 e. The van der Waals surface area contributed by atoms with Gasteiger partial charge >= 0.3 is 17.9 Å². The van der Waals surface area contributed by atoms with Crippen molar-refractivity contribution in [3.05, 3.63) is 60.2 Å². The number of hydrogen-bond donors (Lipinski definition) is 4. The zero-order valence-corrected chi connectivity index (χ0v) is 22.4. The summed E-state index contributed by atoms with van der Waals surface area (Å²) < 4.78 is 11.8. The minimum Gasteiger partial charge on any atom is -0.492 e. The lowest BCUT2D eigenvalue weighted by atomic mass is 9.96. The van der Waals surface area contributed by atoms with Crippen LogP contribution in [0.2, 0.25) is 0 Å². The van der Waals surface area contributed by atoms with Crippen LogP contribution in [0.25, 0.3) is 0 Å². The fourth-order valence-electron chi connectivity index (χ4n) is 3.44. The summed E-state index contributed by atoms with van der Waals surface area (Å²) in [5.74, 6) is -3.59. The zero-order chi connectivity index (χ0) is 29.4. The Morgan fingerprint density at radius 2 is 1.44 bits per heavy atom. The predicted molar refractivity (Wildman–Crippen MR) is 142 cm³/mol. The summed E-state index contributed by atoms with van der Waals surface area (Å²) in [6.45, 7) is 9.41. The van der Waals surface area contributed by atoms with Gasteiger partial charge in [-0.2, -0.15) is 0 Å². The summed E-state index contributed by atoms with van der Waals surface area (Å²) in [5.41, 5.74) is -1.66. The van der Waals surface area contributed by atoms with Crippen molar-refractivity contribution in [2.75, 3.05) is 26.2 Å². The SMILES string of the molecule is CCN(CC)CCOc1cccc(OC(Cc2ccccc2)C(C)=O)c1.O=C(O)CC(O)(CC(=O)O)C(=O)O. The molecule has 0 spiro atoms. The normalized spacial score (nSPS) is 11.6. The first-order chi connectivity index (χ1) is 18.4. The van der Waals surface area contributed by atoms with Crippen LogP contribution >= 0.6 is 0 Å². The molecule has 214 valence electrons. The van der Waals surface area contributed by atoms with Gasteiger partial charge in [0.15, 0.2) is 17.5 Å². The number of carboxylic acids is 3. The topological polar surface area (TPSA) is 171 Å². The van der Waals surface area contributed by atoms with Gasteiger partial charge in [-0.1, -0.05) is 50.2 Å². The Morgan fingerprint density at radius 1 is 0.872 bits per heavy atom. The maximum atomic E-state index is 12.0. The summed E-state index contributed by atoms with van der Waals surface area (Å²) in [6, 6.07) is 17.4.